The van der Waals surface area contributed by atoms with Gasteiger partial charge in [0.1, 0.15) is 0 Å². The van der Waals surface area contributed by atoms with Crippen molar-refractivity contribution in [1.29, 1.82) is 0 Å². The third kappa shape index (κ3) is 6.41. The molecule has 6 heteroatoms. The maximum Gasteiger partial charge on any atom is 0.331 e. The quantitative estimate of drug-likeness (QED) is 0.635. The van der Waals surface area contributed by atoms with Gasteiger partial charge >= 0.3 is 12.0 Å². The van der Waals surface area contributed by atoms with Crippen molar-refractivity contribution in [2.75, 3.05) is 0 Å². The standard InChI is InChI=1S/C19H24N2O4/c1-13-7-9-15(10-8-13)11-12-17(22)25-14(2)18(23)21-19(24)20-16-5-3-4-6-16/h7-12,14,16H,3-6H2,1-2H3,(H2,20,21,23,24)/b12-11+/t14-/m1/s1. The summed E-state index contributed by atoms with van der Waals surface area (Å²) in [4.78, 5) is 35.4. The summed E-state index contributed by atoms with van der Waals surface area (Å²) in [5.41, 5.74) is 1.98. The smallest absolute Gasteiger partial charge is 0.331 e. The van der Waals surface area contributed by atoms with Gasteiger partial charge in [-0.25, -0.2) is 9.59 Å². The van der Waals surface area contributed by atoms with Crippen molar-refractivity contribution < 1.29 is 19.1 Å². The zero-order chi connectivity index (χ0) is 18.2. The number of hydrogen-bond donors (Lipinski definition) is 2. The first-order chi connectivity index (χ1) is 11.9. The Labute approximate surface area is 147 Å². The number of benzene rings is 1. The Morgan fingerprint density at radius 2 is 1.80 bits per heavy atom. The van der Waals surface area contributed by atoms with E-state index >= 15 is 0 Å². The zero-order valence-electron chi connectivity index (χ0n) is 14.6. The van der Waals surface area contributed by atoms with Gasteiger partial charge < -0.3 is 10.1 Å². The van der Waals surface area contributed by atoms with E-state index in [1.54, 1.807) is 6.08 Å². The van der Waals surface area contributed by atoms with Gasteiger partial charge in [0.05, 0.1) is 0 Å². The number of amides is 3. The lowest BCUT2D eigenvalue weighted by Gasteiger charge is -2.15. The lowest BCUT2D eigenvalue weighted by atomic mass is 10.1. The molecule has 134 valence electrons. The Morgan fingerprint density at radius 1 is 1.16 bits per heavy atom. The molecule has 0 aliphatic heterocycles. The minimum atomic E-state index is -1.05. The first-order valence-corrected chi connectivity index (χ1v) is 8.51. The fourth-order valence-electron chi connectivity index (χ4n) is 2.61. The van der Waals surface area contributed by atoms with E-state index in [0.717, 1.165) is 36.8 Å². The highest BCUT2D eigenvalue weighted by Gasteiger charge is 2.22. The average Bonchev–Trinajstić information content (AvgIpc) is 3.07. The fourth-order valence-corrected chi connectivity index (χ4v) is 2.61. The van der Waals surface area contributed by atoms with E-state index in [1.807, 2.05) is 31.2 Å². The molecule has 1 aromatic rings. The number of aryl methyl sites for hydroxylation is 1. The van der Waals surface area contributed by atoms with E-state index in [2.05, 4.69) is 10.6 Å². The largest absolute Gasteiger partial charge is 0.449 e. The summed E-state index contributed by atoms with van der Waals surface area (Å²) >= 11 is 0. The molecule has 0 unspecified atom stereocenters. The third-order valence-corrected chi connectivity index (χ3v) is 4.08. The Hall–Kier alpha value is -2.63. The second-order valence-electron chi connectivity index (χ2n) is 6.27. The van der Waals surface area contributed by atoms with Crippen molar-refractivity contribution >= 4 is 24.0 Å². The molecule has 1 aliphatic rings. The van der Waals surface area contributed by atoms with E-state index in [1.165, 1.54) is 13.0 Å². The van der Waals surface area contributed by atoms with Crippen molar-refractivity contribution in [2.24, 2.45) is 0 Å². The molecule has 0 bridgehead atoms. The first-order valence-electron chi connectivity index (χ1n) is 8.51. The Morgan fingerprint density at radius 3 is 2.44 bits per heavy atom. The van der Waals surface area contributed by atoms with Crippen LogP contribution in [0.15, 0.2) is 30.3 Å². The topological polar surface area (TPSA) is 84.5 Å². The molecule has 2 rings (SSSR count). The molecular weight excluding hydrogens is 320 g/mol. The molecule has 0 aromatic heterocycles. The van der Waals surface area contributed by atoms with Crippen LogP contribution < -0.4 is 10.6 Å². The molecule has 3 amide bonds. The monoisotopic (exact) mass is 344 g/mol. The number of esters is 1. The van der Waals surface area contributed by atoms with E-state index in [9.17, 15) is 14.4 Å². The van der Waals surface area contributed by atoms with Gasteiger partial charge in [0, 0.05) is 12.1 Å². The van der Waals surface area contributed by atoms with Gasteiger partial charge in [-0.2, -0.15) is 0 Å². The van der Waals surface area contributed by atoms with Crippen LogP contribution >= 0.6 is 0 Å². The molecule has 2 N–H and O–H groups in total. The van der Waals surface area contributed by atoms with Crippen molar-refractivity contribution in [3.63, 3.8) is 0 Å². The number of carbonyl (C=O) groups is 3. The molecule has 1 aromatic carbocycles. The summed E-state index contributed by atoms with van der Waals surface area (Å²) in [6.45, 7) is 3.40. The van der Waals surface area contributed by atoms with Gasteiger partial charge in [-0.15, -0.1) is 0 Å². The van der Waals surface area contributed by atoms with Crippen LogP contribution in [-0.2, 0) is 14.3 Å². The summed E-state index contributed by atoms with van der Waals surface area (Å²) in [5.74, 6) is -1.29. The lowest BCUT2D eigenvalue weighted by Crippen LogP contribution is -2.47. The van der Waals surface area contributed by atoms with Gasteiger partial charge in [0.2, 0.25) is 0 Å². The highest BCUT2D eigenvalue weighted by molar-refractivity contribution is 5.98. The Bertz CT molecular complexity index is 646. The molecule has 0 saturated heterocycles. The van der Waals surface area contributed by atoms with Crippen LogP contribution in [0, 0.1) is 6.92 Å². The van der Waals surface area contributed by atoms with Gasteiger partial charge in [0.15, 0.2) is 6.10 Å². The normalized spacial score (nSPS) is 15.8. The molecule has 6 nitrogen and oxygen atoms in total. The predicted molar refractivity (Wildman–Crippen MR) is 94.7 cm³/mol. The zero-order valence-corrected chi connectivity index (χ0v) is 14.6. The summed E-state index contributed by atoms with van der Waals surface area (Å²) in [6.07, 6.45) is 5.84. The minimum absolute atomic E-state index is 0.114. The Kier molecular flexibility index (Phi) is 6.74. The number of ether oxygens (including phenoxy) is 1. The first kappa shape index (κ1) is 18.7. The molecule has 0 radical (unpaired) electrons. The van der Waals surface area contributed by atoms with Crippen LogP contribution in [0.3, 0.4) is 0 Å². The number of urea groups is 1. The van der Waals surface area contributed by atoms with E-state index in [-0.39, 0.29) is 6.04 Å². The second kappa shape index (κ2) is 9.01. The minimum Gasteiger partial charge on any atom is -0.449 e. The molecule has 1 fully saturated rings. The fraction of sp³-hybridized carbons (Fsp3) is 0.421. The lowest BCUT2D eigenvalue weighted by molar-refractivity contribution is -0.149. The van der Waals surface area contributed by atoms with Crippen LogP contribution in [0.5, 0.6) is 0 Å². The molecular formula is C19H24N2O4. The van der Waals surface area contributed by atoms with Gasteiger partial charge in [0.25, 0.3) is 5.91 Å². The van der Waals surface area contributed by atoms with Crippen LogP contribution in [0.1, 0.15) is 43.7 Å². The van der Waals surface area contributed by atoms with Crippen LogP contribution in [0.25, 0.3) is 6.08 Å². The van der Waals surface area contributed by atoms with Crippen LogP contribution in [-0.4, -0.2) is 30.1 Å². The highest BCUT2D eigenvalue weighted by atomic mass is 16.5. The number of carbonyl (C=O) groups excluding carboxylic acids is 3. The van der Waals surface area contributed by atoms with Gasteiger partial charge in [-0.05, 0) is 38.3 Å². The SMILES string of the molecule is Cc1ccc(/C=C/C(=O)O[C@H](C)C(=O)NC(=O)NC2CCCC2)cc1. The average molecular weight is 344 g/mol. The van der Waals surface area contributed by atoms with E-state index < -0.39 is 24.0 Å². The number of nitrogens with one attached hydrogen (secondary N) is 2. The molecule has 0 spiro atoms. The number of hydrogen-bond acceptors (Lipinski definition) is 4. The van der Waals surface area contributed by atoms with Crippen molar-refractivity contribution in [3.05, 3.63) is 41.5 Å². The molecule has 1 saturated carbocycles. The van der Waals surface area contributed by atoms with Crippen molar-refractivity contribution in [3.8, 4) is 0 Å². The van der Waals surface area contributed by atoms with Gasteiger partial charge in [-0.1, -0.05) is 42.7 Å². The summed E-state index contributed by atoms with van der Waals surface area (Å²) < 4.78 is 5.01. The number of rotatable bonds is 5. The van der Waals surface area contributed by atoms with E-state index in [4.69, 9.17) is 4.74 Å². The van der Waals surface area contributed by atoms with E-state index in [0.29, 0.717) is 0 Å². The second-order valence-corrected chi connectivity index (χ2v) is 6.27. The highest BCUT2D eigenvalue weighted by Crippen LogP contribution is 2.17. The summed E-state index contributed by atoms with van der Waals surface area (Å²) in [5, 5.41) is 4.95. The third-order valence-electron chi connectivity index (χ3n) is 4.08. The maximum absolute atomic E-state index is 11.9. The van der Waals surface area contributed by atoms with Crippen LogP contribution in [0.2, 0.25) is 0 Å². The van der Waals surface area contributed by atoms with Crippen LogP contribution in [0.4, 0.5) is 4.79 Å². The van der Waals surface area contributed by atoms with Crippen molar-refractivity contribution in [2.45, 2.75) is 51.7 Å². The maximum atomic E-state index is 11.9. The Balaban J connectivity index is 1.76. The molecule has 1 atom stereocenters. The number of imide groups is 1. The predicted octanol–water partition coefficient (Wildman–Crippen LogP) is 2.71. The molecule has 1 aliphatic carbocycles. The van der Waals surface area contributed by atoms with Crippen molar-refractivity contribution in [1.82, 2.24) is 10.6 Å². The molecule has 25 heavy (non-hydrogen) atoms. The molecule has 0 heterocycles. The summed E-state index contributed by atoms with van der Waals surface area (Å²) in [7, 11) is 0. The summed E-state index contributed by atoms with van der Waals surface area (Å²) in [6, 6.07) is 7.19. The van der Waals surface area contributed by atoms with Gasteiger partial charge in [-0.3, -0.25) is 10.1 Å².